The molecule has 1 N–H and O–H groups in total. The molecule has 2 aliphatic carbocycles. The molecular formula is C32H46F3NO2S. The Kier molecular flexibility index (Phi) is 8.32. The standard InChI is InChI=1S/C32H46F3NO2S/c1-9-23-26-24(18-31(16-10-11-17-31)19-25(26)38-39(7,8)30(4,5)6)36-28(20(2)3)27(23)29(37)21-12-14-22(15-13-21)32(33,34)35/h12-15,20,25,29,37H,9-11,16-19H2,1-8H3/t25?,29-/m0/s1. The van der Waals surface area contributed by atoms with Gasteiger partial charge in [-0.2, -0.15) is 13.2 Å². The van der Waals surface area contributed by atoms with Crippen LogP contribution in [0, 0.1) is 5.41 Å². The van der Waals surface area contributed by atoms with E-state index >= 15 is 0 Å². The lowest BCUT2D eigenvalue weighted by Crippen LogP contribution is -2.35. The third kappa shape index (κ3) is 5.92. The second-order valence-electron chi connectivity index (χ2n) is 13.3. The van der Waals surface area contributed by atoms with Crippen molar-refractivity contribution in [1.82, 2.24) is 4.98 Å². The van der Waals surface area contributed by atoms with Gasteiger partial charge in [0.1, 0.15) is 6.10 Å². The van der Waals surface area contributed by atoms with Crippen LogP contribution in [-0.2, 0) is 23.2 Å². The zero-order valence-electron chi connectivity index (χ0n) is 24.8. The maximum Gasteiger partial charge on any atom is 0.416 e. The Labute approximate surface area is 234 Å². The monoisotopic (exact) mass is 565 g/mol. The second kappa shape index (κ2) is 10.7. The largest absolute Gasteiger partial charge is 0.416 e. The number of rotatable bonds is 6. The van der Waals surface area contributed by atoms with Crippen LogP contribution in [0.15, 0.2) is 24.3 Å². The van der Waals surface area contributed by atoms with Crippen LogP contribution in [0.25, 0.3) is 0 Å². The Morgan fingerprint density at radius 3 is 2.15 bits per heavy atom. The predicted octanol–water partition coefficient (Wildman–Crippen LogP) is 9.21. The molecular weight excluding hydrogens is 519 g/mol. The van der Waals surface area contributed by atoms with Crippen LogP contribution in [0.5, 0.6) is 0 Å². The van der Waals surface area contributed by atoms with Crippen molar-refractivity contribution in [1.29, 1.82) is 0 Å². The molecule has 0 aliphatic heterocycles. The lowest BCUT2D eigenvalue weighted by Gasteiger charge is -2.49. The van der Waals surface area contributed by atoms with Crippen LogP contribution in [0.1, 0.15) is 131 Å². The van der Waals surface area contributed by atoms with Gasteiger partial charge in [0.2, 0.25) is 0 Å². The lowest BCUT2D eigenvalue weighted by atomic mass is 9.69. The number of pyridine rings is 1. The maximum atomic E-state index is 13.2. The van der Waals surface area contributed by atoms with Crippen molar-refractivity contribution in [2.45, 2.75) is 116 Å². The molecule has 1 aromatic heterocycles. The van der Waals surface area contributed by atoms with E-state index in [1.165, 1.54) is 37.8 Å². The third-order valence-electron chi connectivity index (χ3n) is 9.20. The highest BCUT2D eigenvalue weighted by Crippen LogP contribution is 2.61. The molecule has 0 amide bonds. The highest BCUT2D eigenvalue weighted by Gasteiger charge is 2.46. The minimum Gasteiger partial charge on any atom is -0.384 e. The van der Waals surface area contributed by atoms with Gasteiger partial charge in [0.25, 0.3) is 0 Å². The van der Waals surface area contributed by atoms with E-state index in [9.17, 15) is 18.3 Å². The number of halogens is 3. The zero-order chi connectivity index (χ0) is 29.0. The number of hydrogen-bond acceptors (Lipinski definition) is 3. The topological polar surface area (TPSA) is 42.4 Å². The van der Waals surface area contributed by atoms with E-state index in [2.05, 4.69) is 54.1 Å². The Morgan fingerprint density at radius 2 is 1.67 bits per heavy atom. The lowest BCUT2D eigenvalue weighted by molar-refractivity contribution is -0.137. The highest BCUT2D eigenvalue weighted by molar-refractivity contribution is 8.29. The second-order valence-corrected chi connectivity index (χ2v) is 17.2. The van der Waals surface area contributed by atoms with Crippen LogP contribution >= 0.6 is 10.3 Å². The summed E-state index contributed by atoms with van der Waals surface area (Å²) in [5.74, 6) is 0.0529. The van der Waals surface area contributed by atoms with Gasteiger partial charge in [0.05, 0.1) is 11.7 Å². The molecule has 2 aromatic rings. The highest BCUT2D eigenvalue weighted by atomic mass is 32.3. The summed E-state index contributed by atoms with van der Waals surface area (Å²) >= 11 is 0. The van der Waals surface area contributed by atoms with E-state index < -0.39 is 28.2 Å². The summed E-state index contributed by atoms with van der Waals surface area (Å²) in [6, 6.07) is 4.89. The SMILES string of the molecule is CCc1c2c(nc(C(C)C)c1[C@@H](O)c1ccc(C(F)(F)F)cc1)CC1(CCCC1)CC2OS(C)(C)C(C)(C)C. The van der Waals surface area contributed by atoms with Gasteiger partial charge in [-0.05, 0) is 79.2 Å². The summed E-state index contributed by atoms with van der Waals surface area (Å²) in [6.45, 7) is 13.0. The minimum atomic E-state index is -4.42. The molecule has 1 heterocycles. The van der Waals surface area contributed by atoms with Crippen LogP contribution in [0.2, 0.25) is 0 Å². The van der Waals surface area contributed by atoms with Crippen molar-refractivity contribution >= 4 is 10.3 Å². The van der Waals surface area contributed by atoms with Gasteiger partial charge >= 0.3 is 6.18 Å². The van der Waals surface area contributed by atoms with Crippen LogP contribution in [-0.4, -0.2) is 27.3 Å². The van der Waals surface area contributed by atoms with Gasteiger partial charge in [-0.15, -0.1) is 10.3 Å². The molecule has 218 valence electrons. The minimum absolute atomic E-state index is 0.00625. The smallest absolute Gasteiger partial charge is 0.384 e. The van der Waals surface area contributed by atoms with E-state index in [1.807, 2.05) is 0 Å². The third-order valence-corrected chi connectivity index (χ3v) is 12.9. The van der Waals surface area contributed by atoms with E-state index in [0.29, 0.717) is 12.0 Å². The van der Waals surface area contributed by atoms with E-state index in [4.69, 9.17) is 9.17 Å². The van der Waals surface area contributed by atoms with Crippen LogP contribution in [0.3, 0.4) is 0 Å². The van der Waals surface area contributed by atoms with Crippen molar-refractivity contribution in [3.05, 3.63) is 63.5 Å². The number of nitrogens with zero attached hydrogens (tertiary/aromatic N) is 1. The zero-order valence-corrected chi connectivity index (χ0v) is 25.7. The van der Waals surface area contributed by atoms with Crippen molar-refractivity contribution in [3.8, 4) is 0 Å². The fourth-order valence-electron chi connectivity index (χ4n) is 6.35. The average Bonchev–Trinajstić information content (AvgIpc) is 3.27. The molecule has 3 nitrogen and oxygen atoms in total. The Morgan fingerprint density at radius 1 is 1.08 bits per heavy atom. The number of hydrogen-bond donors (Lipinski definition) is 1. The molecule has 7 heteroatoms. The van der Waals surface area contributed by atoms with Crippen molar-refractivity contribution in [2.75, 3.05) is 12.5 Å². The molecule has 2 atom stereocenters. The summed E-state index contributed by atoms with van der Waals surface area (Å²) in [7, 11) is -1.44. The Hall–Kier alpha value is -1.57. The van der Waals surface area contributed by atoms with Gasteiger partial charge in [0, 0.05) is 27.3 Å². The van der Waals surface area contributed by atoms with Crippen LogP contribution in [0.4, 0.5) is 13.2 Å². The first kappa shape index (κ1) is 30.4. The van der Waals surface area contributed by atoms with Gasteiger partial charge in [0.15, 0.2) is 0 Å². The van der Waals surface area contributed by atoms with Gasteiger partial charge < -0.3 is 9.29 Å². The number of alkyl halides is 3. The number of aliphatic hydroxyl groups excluding tert-OH is 1. The summed E-state index contributed by atoms with van der Waals surface area (Å²) in [5, 5.41) is 11.7. The normalized spacial score (nSPS) is 20.9. The molecule has 39 heavy (non-hydrogen) atoms. The summed E-state index contributed by atoms with van der Waals surface area (Å²) < 4.78 is 46.8. The Bertz CT molecular complexity index is 1180. The predicted molar refractivity (Wildman–Crippen MR) is 155 cm³/mol. The van der Waals surface area contributed by atoms with Crippen LogP contribution < -0.4 is 0 Å². The van der Waals surface area contributed by atoms with Gasteiger partial charge in [-0.1, -0.05) is 66.5 Å². The summed E-state index contributed by atoms with van der Waals surface area (Å²) in [6.07, 6.45) is 6.30. The van der Waals surface area contributed by atoms with Gasteiger partial charge in [-0.25, -0.2) is 0 Å². The molecule has 1 spiro atoms. The van der Waals surface area contributed by atoms with Crippen molar-refractivity contribution in [2.24, 2.45) is 5.41 Å². The molecule has 0 bridgehead atoms. The van der Waals surface area contributed by atoms with Gasteiger partial charge in [-0.3, -0.25) is 4.98 Å². The molecule has 1 saturated carbocycles. The number of benzene rings is 1. The number of aromatic nitrogens is 1. The number of fused-ring (bicyclic) bond motifs is 1. The van der Waals surface area contributed by atoms with E-state index in [1.54, 1.807) is 0 Å². The molecule has 0 radical (unpaired) electrons. The first-order chi connectivity index (χ1) is 18.0. The molecule has 1 unspecified atom stereocenters. The Balaban J connectivity index is 1.90. The van der Waals surface area contributed by atoms with E-state index in [-0.39, 0.29) is 22.2 Å². The fraction of sp³-hybridized carbons (Fsp3) is 0.656. The molecule has 0 saturated heterocycles. The first-order valence-electron chi connectivity index (χ1n) is 14.3. The maximum absolute atomic E-state index is 13.2. The van der Waals surface area contributed by atoms with Crippen molar-refractivity contribution in [3.63, 3.8) is 0 Å². The molecule has 2 aliphatic rings. The number of aliphatic hydroxyl groups is 1. The average molecular weight is 566 g/mol. The summed E-state index contributed by atoms with van der Waals surface area (Å²) in [4.78, 5) is 5.28. The molecule has 1 fully saturated rings. The quantitative estimate of drug-likeness (QED) is 0.380. The van der Waals surface area contributed by atoms with Crippen molar-refractivity contribution < 1.29 is 22.5 Å². The summed E-state index contributed by atoms with van der Waals surface area (Å²) in [5.41, 5.74) is 4.78. The van der Waals surface area contributed by atoms with E-state index in [0.717, 1.165) is 53.1 Å². The first-order valence-corrected chi connectivity index (χ1v) is 16.7. The molecule has 1 aromatic carbocycles. The molecule has 4 rings (SSSR count). The fourth-order valence-corrected chi connectivity index (χ4v) is 7.38.